The van der Waals surface area contributed by atoms with Crippen molar-refractivity contribution in [1.82, 2.24) is 4.98 Å². The van der Waals surface area contributed by atoms with E-state index in [-0.39, 0.29) is 6.10 Å². The molecule has 0 saturated heterocycles. The first-order valence-corrected chi connectivity index (χ1v) is 9.59. The zero-order valence-corrected chi connectivity index (χ0v) is 16.5. The molecule has 1 heterocycles. The first kappa shape index (κ1) is 20.3. The minimum absolute atomic E-state index is 0.241. The number of hydrogen-bond acceptors (Lipinski definition) is 5. The molecule has 1 unspecified atom stereocenters. The van der Waals surface area contributed by atoms with Gasteiger partial charge in [0.05, 0.1) is 40.3 Å². The smallest absolute Gasteiger partial charge is 0.119 e. The second-order valence-electron chi connectivity index (χ2n) is 5.59. The van der Waals surface area contributed by atoms with E-state index in [1.165, 1.54) is 11.3 Å². The summed E-state index contributed by atoms with van der Waals surface area (Å²) in [6.45, 7) is 6.35. The molecule has 0 spiro atoms. The van der Waals surface area contributed by atoms with E-state index in [1.54, 1.807) is 17.6 Å². The molecule has 0 radical (unpaired) electrons. The molecule has 3 aromatic rings. The molecular weight excluding hydrogens is 354 g/mol. The molecule has 1 atom stereocenters. The molecule has 3 rings (SSSR count). The molecule has 0 aliphatic carbocycles. The van der Waals surface area contributed by atoms with Gasteiger partial charge in [0.2, 0.25) is 0 Å². The molecule has 0 fully saturated rings. The minimum atomic E-state index is -0.241. The van der Waals surface area contributed by atoms with Crippen LogP contribution in [0.3, 0.4) is 0 Å². The normalized spacial score (nSPS) is 10.9. The third-order valence-electron chi connectivity index (χ3n) is 3.88. The molecule has 27 heavy (non-hydrogen) atoms. The molecule has 0 saturated carbocycles. The van der Waals surface area contributed by atoms with E-state index in [0.29, 0.717) is 17.7 Å². The van der Waals surface area contributed by atoms with Crippen molar-refractivity contribution in [3.8, 4) is 12.1 Å². The summed E-state index contributed by atoms with van der Waals surface area (Å²) in [6.07, 6.45) is 1.57. The van der Waals surface area contributed by atoms with Crippen LogP contribution in [0, 0.1) is 29.6 Å². The number of rotatable bonds is 5. The van der Waals surface area contributed by atoms with Crippen LogP contribution in [-0.4, -0.2) is 4.98 Å². The van der Waals surface area contributed by atoms with Crippen molar-refractivity contribution in [3.05, 3.63) is 86.9 Å². The maximum absolute atomic E-state index is 9.11. The van der Waals surface area contributed by atoms with Crippen LogP contribution in [0.25, 0.3) is 0 Å². The van der Waals surface area contributed by atoms with Crippen LogP contribution in [0.1, 0.15) is 52.6 Å². The fourth-order valence-electron chi connectivity index (χ4n) is 2.53. The zero-order valence-electron chi connectivity index (χ0n) is 15.6. The highest BCUT2D eigenvalue weighted by Crippen LogP contribution is 2.30. The SMILES string of the molecule is CC.Cc1cc(C(OCc2ccc(C#N)cc2)c2cncs2)ccc1C#N. The summed E-state index contributed by atoms with van der Waals surface area (Å²) >= 11 is 1.54. The second-order valence-corrected chi connectivity index (χ2v) is 6.51. The molecule has 0 N–H and O–H groups in total. The summed E-state index contributed by atoms with van der Waals surface area (Å²) < 4.78 is 6.17. The second kappa shape index (κ2) is 10.2. The summed E-state index contributed by atoms with van der Waals surface area (Å²) in [5.41, 5.74) is 6.00. The Labute approximate surface area is 164 Å². The summed E-state index contributed by atoms with van der Waals surface area (Å²) in [7, 11) is 0. The van der Waals surface area contributed by atoms with Gasteiger partial charge in [0.1, 0.15) is 6.10 Å². The average molecular weight is 375 g/mol. The number of aryl methyl sites for hydroxylation is 1. The van der Waals surface area contributed by atoms with Gasteiger partial charge in [0.15, 0.2) is 0 Å². The highest BCUT2D eigenvalue weighted by molar-refractivity contribution is 7.09. The van der Waals surface area contributed by atoms with Gasteiger partial charge < -0.3 is 4.74 Å². The summed E-state index contributed by atoms with van der Waals surface area (Å²) in [5.74, 6) is 0. The number of nitrogens with zero attached hydrogens (tertiary/aromatic N) is 3. The Morgan fingerprint density at radius 1 is 1.07 bits per heavy atom. The van der Waals surface area contributed by atoms with E-state index in [2.05, 4.69) is 17.1 Å². The van der Waals surface area contributed by atoms with Crippen molar-refractivity contribution in [2.75, 3.05) is 0 Å². The lowest BCUT2D eigenvalue weighted by molar-refractivity contribution is 0.0688. The van der Waals surface area contributed by atoms with Gasteiger partial charge in [-0.1, -0.05) is 38.1 Å². The predicted octanol–water partition coefficient (Wildman–Crippen LogP) is 5.53. The van der Waals surface area contributed by atoms with Crippen LogP contribution in [0.5, 0.6) is 0 Å². The Morgan fingerprint density at radius 2 is 1.81 bits per heavy atom. The molecule has 1 aromatic heterocycles. The van der Waals surface area contributed by atoms with Gasteiger partial charge in [-0.15, -0.1) is 11.3 Å². The monoisotopic (exact) mass is 375 g/mol. The van der Waals surface area contributed by atoms with Crippen molar-refractivity contribution in [2.45, 2.75) is 33.5 Å². The van der Waals surface area contributed by atoms with Crippen molar-refractivity contribution in [1.29, 1.82) is 10.5 Å². The van der Waals surface area contributed by atoms with Crippen LogP contribution in [0.4, 0.5) is 0 Å². The Bertz CT molecular complexity index is 935. The molecule has 5 heteroatoms. The van der Waals surface area contributed by atoms with E-state index in [4.69, 9.17) is 15.3 Å². The third kappa shape index (κ3) is 5.24. The number of nitriles is 2. The number of ether oxygens (including phenoxy) is 1. The first-order valence-electron chi connectivity index (χ1n) is 8.71. The van der Waals surface area contributed by atoms with E-state index in [1.807, 2.05) is 57.3 Å². The van der Waals surface area contributed by atoms with Crippen LogP contribution in [0.15, 0.2) is 54.2 Å². The number of aromatic nitrogens is 1. The molecule has 2 aromatic carbocycles. The molecule has 0 aliphatic heterocycles. The molecule has 0 amide bonds. The maximum atomic E-state index is 9.11. The number of thiazole rings is 1. The fourth-order valence-corrected chi connectivity index (χ4v) is 3.22. The van der Waals surface area contributed by atoms with E-state index in [0.717, 1.165) is 21.6 Å². The molecule has 0 bridgehead atoms. The topological polar surface area (TPSA) is 69.7 Å². The fraction of sp³-hybridized carbons (Fsp3) is 0.227. The standard InChI is InChI=1S/C20H15N3OS.C2H6/c1-14-8-17(6-7-18(14)10-22)20(19-11-23-13-25-19)24-12-16-4-2-15(9-21)3-5-16;1-2/h2-8,11,13,20H,12H2,1H3;1-2H3. The average Bonchev–Trinajstić information content (AvgIpc) is 3.25. The largest absolute Gasteiger partial charge is 0.363 e. The Kier molecular flexibility index (Phi) is 7.70. The van der Waals surface area contributed by atoms with Crippen molar-refractivity contribution >= 4 is 11.3 Å². The molecular formula is C22H21N3OS. The van der Waals surface area contributed by atoms with Gasteiger partial charge in [-0.25, -0.2) is 0 Å². The first-order chi connectivity index (χ1) is 13.2. The van der Waals surface area contributed by atoms with E-state index in [9.17, 15) is 0 Å². The van der Waals surface area contributed by atoms with Gasteiger partial charge in [0, 0.05) is 6.20 Å². The maximum Gasteiger partial charge on any atom is 0.119 e. The summed E-state index contributed by atoms with van der Waals surface area (Å²) in [5, 5.41) is 18.0. The number of benzene rings is 2. The molecule has 136 valence electrons. The van der Waals surface area contributed by atoms with Gasteiger partial charge in [-0.05, 0) is 41.8 Å². The van der Waals surface area contributed by atoms with Gasteiger partial charge >= 0.3 is 0 Å². The summed E-state index contributed by atoms with van der Waals surface area (Å²) in [4.78, 5) is 5.16. The van der Waals surface area contributed by atoms with Crippen LogP contribution in [-0.2, 0) is 11.3 Å². The lowest BCUT2D eigenvalue weighted by atomic mass is 10.0. The van der Waals surface area contributed by atoms with E-state index >= 15 is 0 Å². The quantitative estimate of drug-likeness (QED) is 0.588. The zero-order chi connectivity index (χ0) is 19.6. The lowest BCUT2D eigenvalue weighted by Crippen LogP contribution is -2.06. The third-order valence-corrected chi connectivity index (χ3v) is 4.70. The van der Waals surface area contributed by atoms with Gasteiger partial charge in [-0.2, -0.15) is 10.5 Å². The predicted molar refractivity (Wildman–Crippen MR) is 107 cm³/mol. The highest BCUT2D eigenvalue weighted by Gasteiger charge is 2.17. The van der Waals surface area contributed by atoms with Crippen molar-refractivity contribution in [3.63, 3.8) is 0 Å². The summed E-state index contributed by atoms with van der Waals surface area (Å²) in [6, 6.07) is 17.4. The Hall–Kier alpha value is -2.99. The molecule has 4 nitrogen and oxygen atoms in total. The Balaban J connectivity index is 0.00000126. The van der Waals surface area contributed by atoms with Crippen LogP contribution in [0.2, 0.25) is 0 Å². The van der Waals surface area contributed by atoms with Crippen molar-refractivity contribution in [2.24, 2.45) is 0 Å². The lowest BCUT2D eigenvalue weighted by Gasteiger charge is -2.18. The molecule has 0 aliphatic rings. The van der Waals surface area contributed by atoms with Crippen LogP contribution >= 0.6 is 11.3 Å². The Morgan fingerprint density at radius 3 is 2.37 bits per heavy atom. The number of hydrogen-bond donors (Lipinski definition) is 0. The van der Waals surface area contributed by atoms with Gasteiger partial charge in [0.25, 0.3) is 0 Å². The van der Waals surface area contributed by atoms with Crippen LogP contribution < -0.4 is 0 Å². The highest BCUT2D eigenvalue weighted by atomic mass is 32.1. The van der Waals surface area contributed by atoms with Crippen molar-refractivity contribution < 1.29 is 4.74 Å². The van der Waals surface area contributed by atoms with E-state index < -0.39 is 0 Å². The minimum Gasteiger partial charge on any atom is -0.363 e. The van der Waals surface area contributed by atoms with Gasteiger partial charge in [-0.3, -0.25) is 4.98 Å².